The largest absolute Gasteiger partial charge is 0.466 e. The Labute approximate surface area is 111 Å². The number of aryl methyl sites for hydroxylation is 1. The van der Waals surface area contributed by atoms with Gasteiger partial charge in [0, 0.05) is 25.7 Å². The number of furan rings is 1. The van der Waals surface area contributed by atoms with Crippen molar-refractivity contribution in [2.24, 2.45) is 5.73 Å². The average Bonchev–Trinajstić information content (AvgIpc) is 2.84. The Balaban J connectivity index is 1.83. The van der Waals surface area contributed by atoms with Crippen LogP contribution in [0.15, 0.2) is 34.9 Å². The van der Waals surface area contributed by atoms with Crippen LogP contribution in [0.4, 0.5) is 0 Å². The molecule has 2 aromatic rings. The molecule has 5 nitrogen and oxygen atoms in total. The molecule has 2 rings (SSSR count). The van der Waals surface area contributed by atoms with E-state index in [1.807, 2.05) is 19.1 Å². The van der Waals surface area contributed by atoms with Crippen LogP contribution in [0.3, 0.4) is 0 Å². The number of rotatable bonds is 5. The van der Waals surface area contributed by atoms with Crippen molar-refractivity contribution in [2.75, 3.05) is 6.54 Å². The van der Waals surface area contributed by atoms with E-state index in [2.05, 4.69) is 10.3 Å². The smallest absolute Gasteiger partial charge is 0.269 e. The summed E-state index contributed by atoms with van der Waals surface area (Å²) in [5.41, 5.74) is 6.77. The Hall–Kier alpha value is -2.14. The van der Waals surface area contributed by atoms with E-state index in [9.17, 15) is 4.79 Å². The number of hydrogen-bond acceptors (Lipinski definition) is 4. The maximum atomic E-state index is 11.8. The second-order valence-corrected chi connectivity index (χ2v) is 4.27. The van der Waals surface area contributed by atoms with Crippen molar-refractivity contribution in [3.8, 4) is 0 Å². The zero-order valence-electron chi connectivity index (χ0n) is 10.8. The van der Waals surface area contributed by atoms with Crippen LogP contribution in [0.2, 0.25) is 0 Å². The van der Waals surface area contributed by atoms with Crippen LogP contribution in [0.1, 0.15) is 27.6 Å². The third-order valence-corrected chi connectivity index (χ3v) is 2.75. The minimum absolute atomic E-state index is 0.188. The fourth-order valence-corrected chi connectivity index (χ4v) is 1.69. The third kappa shape index (κ3) is 3.66. The molecule has 0 aliphatic carbocycles. The minimum Gasteiger partial charge on any atom is -0.466 e. The maximum absolute atomic E-state index is 11.8. The summed E-state index contributed by atoms with van der Waals surface area (Å²) in [4.78, 5) is 15.9. The lowest BCUT2D eigenvalue weighted by molar-refractivity contribution is 0.0948. The van der Waals surface area contributed by atoms with E-state index >= 15 is 0 Å². The summed E-state index contributed by atoms with van der Waals surface area (Å²) >= 11 is 0. The van der Waals surface area contributed by atoms with Gasteiger partial charge in [-0.15, -0.1) is 0 Å². The van der Waals surface area contributed by atoms with Crippen LogP contribution in [-0.2, 0) is 13.0 Å². The van der Waals surface area contributed by atoms with Crippen molar-refractivity contribution in [2.45, 2.75) is 19.9 Å². The molecule has 0 aliphatic heterocycles. The van der Waals surface area contributed by atoms with E-state index in [0.717, 1.165) is 17.1 Å². The lowest BCUT2D eigenvalue weighted by Crippen LogP contribution is -2.26. The van der Waals surface area contributed by atoms with Crippen LogP contribution in [0.25, 0.3) is 0 Å². The van der Waals surface area contributed by atoms with Gasteiger partial charge in [0.05, 0.1) is 0 Å². The molecule has 3 N–H and O–H groups in total. The molecule has 2 aromatic heterocycles. The number of carbonyl (C=O) groups is 1. The summed E-state index contributed by atoms with van der Waals surface area (Å²) < 4.78 is 5.42. The standard InChI is InChI=1S/C14H17N3O2/c1-10-2-4-12(19-10)6-7-16-14(18)13-5-3-11(8-15)9-17-13/h2-5,9H,6-8,15H2,1H3,(H,16,18). The summed E-state index contributed by atoms with van der Waals surface area (Å²) in [6.45, 7) is 2.84. The first kappa shape index (κ1) is 13.3. The molecule has 2 heterocycles. The zero-order valence-corrected chi connectivity index (χ0v) is 10.8. The van der Waals surface area contributed by atoms with Gasteiger partial charge in [-0.05, 0) is 30.7 Å². The lowest BCUT2D eigenvalue weighted by atomic mass is 10.2. The number of aromatic nitrogens is 1. The topological polar surface area (TPSA) is 81.2 Å². The molecular formula is C14H17N3O2. The Kier molecular flexibility index (Phi) is 4.30. The number of nitrogens with zero attached hydrogens (tertiary/aromatic N) is 1. The van der Waals surface area contributed by atoms with E-state index < -0.39 is 0 Å². The molecule has 1 amide bonds. The van der Waals surface area contributed by atoms with Crippen LogP contribution in [-0.4, -0.2) is 17.4 Å². The van der Waals surface area contributed by atoms with Gasteiger partial charge in [-0.3, -0.25) is 9.78 Å². The number of pyridine rings is 1. The van der Waals surface area contributed by atoms with E-state index in [1.54, 1.807) is 18.3 Å². The Morgan fingerprint density at radius 1 is 1.37 bits per heavy atom. The molecule has 0 spiro atoms. The average molecular weight is 259 g/mol. The van der Waals surface area contributed by atoms with Gasteiger partial charge in [0.25, 0.3) is 5.91 Å². The SMILES string of the molecule is Cc1ccc(CCNC(=O)c2ccc(CN)cn2)o1. The molecule has 0 atom stereocenters. The fraction of sp³-hybridized carbons (Fsp3) is 0.286. The molecule has 0 aromatic carbocycles. The molecule has 0 saturated carbocycles. The summed E-state index contributed by atoms with van der Waals surface area (Å²) in [5, 5.41) is 2.80. The minimum atomic E-state index is -0.188. The first-order valence-corrected chi connectivity index (χ1v) is 6.17. The van der Waals surface area contributed by atoms with Crippen LogP contribution in [0.5, 0.6) is 0 Å². The molecule has 0 saturated heterocycles. The molecule has 0 aliphatic rings. The maximum Gasteiger partial charge on any atom is 0.269 e. The lowest BCUT2D eigenvalue weighted by Gasteiger charge is -2.04. The number of hydrogen-bond donors (Lipinski definition) is 2. The van der Waals surface area contributed by atoms with Gasteiger partial charge in [0.2, 0.25) is 0 Å². The molecule has 0 radical (unpaired) electrons. The summed E-state index contributed by atoms with van der Waals surface area (Å²) in [6, 6.07) is 7.30. The first-order valence-electron chi connectivity index (χ1n) is 6.17. The van der Waals surface area contributed by atoms with Gasteiger partial charge in [-0.25, -0.2) is 0 Å². The second-order valence-electron chi connectivity index (χ2n) is 4.27. The normalized spacial score (nSPS) is 10.4. The summed E-state index contributed by atoms with van der Waals surface area (Å²) in [5.74, 6) is 1.55. The van der Waals surface area contributed by atoms with Crippen molar-refractivity contribution in [1.29, 1.82) is 0 Å². The first-order chi connectivity index (χ1) is 9.19. The van der Waals surface area contributed by atoms with Gasteiger partial charge in [0.1, 0.15) is 17.2 Å². The van der Waals surface area contributed by atoms with Crippen molar-refractivity contribution in [3.63, 3.8) is 0 Å². The van der Waals surface area contributed by atoms with Crippen LogP contribution in [0, 0.1) is 6.92 Å². The van der Waals surface area contributed by atoms with Crippen molar-refractivity contribution >= 4 is 5.91 Å². The highest BCUT2D eigenvalue weighted by atomic mass is 16.3. The zero-order chi connectivity index (χ0) is 13.7. The summed E-state index contributed by atoms with van der Waals surface area (Å²) in [6.07, 6.45) is 2.28. The van der Waals surface area contributed by atoms with E-state index in [1.165, 1.54) is 0 Å². The van der Waals surface area contributed by atoms with Gasteiger partial charge >= 0.3 is 0 Å². The van der Waals surface area contributed by atoms with Gasteiger partial charge in [-0.1, -0.05) is 6.07 Å². The van der Waals surface area contributed by atoms with Gasteiger partial charge in [-0.2, -0.15) is 0 Å². The highest BCUT2D eigenvalue weighted by molar-refractivity contribution is 5.92. The van der Waals surface area contributed by atoms with E-state index in [4.69, 9.17) is 10.2 Å². The van der Waals surface area contributed by atoms with Crippen molar-refractivity contribution < 1.29 is 9.21 Å². The highest BCUT2D eigenvalue weighted by Gasteiger charge is 2.06. The van der Waals surface area contributed by atoms with E-state index in [0.29, 0.717) is 25.2 Å². The quantitative estimate of drug-likeness (QED) is 0.850. The predicted molar refractivity (Wildman–Crippen MR) is 71.6 cm³/mol. The Morgan fingerprint density at radius 2 is 2.21 bits per heavy atom. The fourth-order valence-electron chi connectivity index (χ4n) is 1.69. The van der Waals surface area contributed by atoms with Crippen molar-refractivity contribution in [3.05, 3.63) is 53.2 Å². The molecule has 100 valence electrons. The molecule has 0 fully saturated rings. The number of amides is 1. The number of nitrogens with one attached hydrogen (secondary N) is 1. The van der Waals surface area contributed by atoms with Crippen molar-refractivity contribution in [1.82, 2.24) is 10.3 Å². The molecule has 0 unspecified atom stereocenters. The second kappa shape index (κ2) is 6.15. The Morgan fingerprint density at radius 3 is 2.79 bits per heavy atom. The summed E-state index contributed by atoms with van der Waals surface area (Å²) in [7, 11) is 0. The molecule has 19 heavy (non-hydrogen) atoms. The van der Waals surface area contributed by atoms with Gasteiger partial charge in [0.15, 0.2) is 0 Å². The predicted octanol–water partition coefficient (Wildman–Crippen LogP) is 1.41. The third-order valence-electron chi connectivity index (χ3n) is 2.75. The Bertz CT molecular complexity index is 546. The molecule has 5 heteroatoms. The highest BCUT2D eigenvalue weighted by Crippen LogP contribution is 2.06. The number of carbonyl (C=O) groups excluding carboxylic acids is 1. The monoisotopic (exact) mass is 259 g/mol. The van der Waals surface area contributed by atoms with Crippen LogP contribution >= 0.6 is 0 Å². The molecule has 0 bridgehead atoms. The molecular weight excluding hydrogens is 242 g/mol. The van der Waals surface area contributed by atoms with Crippen LogP contribution < -0.4 is 11.1 Å². The number of nitrogens with two attached hydrogens (primary N) is 1. The van der Waals surface area contributed by atoms with Gasteiger partial charge < -0.3 is 15.5 Å². The van der Waals surface area contributed by atoms with E-state index in [-0.39, 0.29) is 5.91 Å².